The van der Waals surface area contributed by atoms with Crippen molar-refractivity contribution >= 4 is 33.0 Å². The fraction of sp³-hybridized carbons (Fsp3) is 0.348. The fourth-order valence-corrected chi connectivity index (χ4v) is 4.66. The van der Waals surface area contributed by atoms with Gasteiger partial charge in [0.15, 0.2) is 0 Å². The highest BCUT2D eigenvalue weighted by Crippen LogP contribution is 2.22. The van der Waals surface area contributed by atoms with Gasteiger partial charge in [-0.2, -0.15) is 0 Å². The Morgan fingerprint density at radius 2 is 1.90 bits per heavy atom. The minimum absolute atomic E-state index is 0.174. The number of thiophene rings is 1. The monoisotopic (exact) mass is 423 g/mol. The summed E-state index contributed by atoms with van der Waals surface area (Å²) in [6.07, 6.45) is 5.80. The van der Waals surface area contributed by atoms with Gasteiger partial charge in [0, 0.05) is 26.1 Å². The highest BCUT2D eigenvalue weighted by molar-refractivity contribution is 7.17. The first-order valence-corrected chi connectivity index (χ1v) is 11.2. The van der Waals surface area contributed by atoms with E-state index in [9.17, 15) is 14.4 Å². The highest BCUT2D eigenvalue weighted by atomic mass is 32.1. The molecule has 1 aliphatic rings. The smallest absolute Gasteiger partial charge is 0.328 e. The number of carbonyl (C=O) groups excluding carboxylic acids is 1. The molecule has 0 radical (unpaired) electrons. The van der Waals surface area contributed by atoms with Crippen LogP contribution in [0.4, 0.5) is 0 Å². The van der Waals surface area contributed by atoms with E-state index in [4.69, 9.17) is 0 Å². The Balaban J connectivity index is 1.23. The third-order valence-corrected chi connectivity index (χ3v) is 6.47. The largest absolute Gasteiger partial charge is 0.339 e. The Bertz CT molecular complexity index is 1170. The maximum Gasteiger partial charge on any atom is 0.328 e. The number of aromatic nitrogens is 2. The van der Waals surface area contributed by atoms with Gasteiger partial charge in [-0.05, 0) is 41.8 Å². The van der Waals surface area contributed by atoms with E-state index in [1.165, 1.54) is 27.0 Å². The van der Waals surface area contributed by atoms with Crippen LogP contribution in [0.25, 0.3) is 15.8 Å². The molecule has 3 heterocycles. The van der Waals surface area contributed by atoms with Crippen LogP contribution in [-0.2, 0) is 11.3 Å². The first kappa shape index (κ1) is 20.3. The Morgan fingerprint density at radius 1 is 1.07 bits per heavy atom. The Labute approximate surface area is 178 Å². The van der Waals surface area contributed by atoms with Crippen molar-refractivity contribution in [3.05, 3.63) is 74.3 Å². The summed E-state index contributed by atoms with van der Waals surface area (Å²) >= 11 is 1.34. The third-order valence-electron chi connectivity index (χ3n) is 5.57. The Hall–Kier alpha value is -2.93. The fourth-order valence-electron chi connectivity index (χ4n) is 3.87. The number of nitrogens with one attached hydrogen (secondary N) is 1. The van der Waals surface area contributed by atoms with Crippen LogP contribution in [0, 0.1) is 0 Å². The molecule has 0 fully saturated rings. The molecule has 0 unspecified atom stereocenters. The first-order valence-electron chi connectivity index (χ1n) is 10.4. The molecule has 3 aromatic rings. The van der Waals surface area contributed by atoms with Crippen molar-refractivity contribution in [3.63, 3.8) is 0 Å². The van der Waals surface area contributed by atoms with Crippen molar-refractivity contribution in [3.8, 4) is 0 Å². The normalized spacial score (nSPS) is 14.1. The number of carbonyl (C=O) groups is 1. The van der Waals surface area contributed by atoms with Gasteiger partial charge in [-0.25, -0.2) is 4.79 Å². The standard InChI is InChI=1S/C23H25N3O3S/c27-20(25-14-10-18(11-15-25)17-7-3-1-4-8-17)9-5-2-6-13-26-22(28)21-19(12-16-30-21)24-23(26)29/h1,3-4,7-8,10,12,16H,2,5-6,9,11,13-15H2,(H,24,29). The second-order valence-corrected chi connectivity index (χ2v) is 8.46. The SMILES string of the molecule is O=C(CCCCCn1c(=O)[nH]c2ccsc2c1=O)N1CC=C(c2ccccc2)CC1. The van der Waals surface area contributed by atoms with Gasteiger partial charge < -0.3 is 9.88 Å². The summed E-state index contributed by atoms with van der Waals surface area (Å²) < 4.78 is 1.85. The molecular formula is C23H25N3O3S. The number of hydrogen-bond acceptors (Lipinski definition) is 4. The molecule has 30 heavy (non-hydrogen) atoms. The molecule has 0 atom stereocenters. The summed E-state index contributed by atoms with van der Waals surface area (Å²) in [5.74, 6) is 0.174. The minimum atomic E-state index is -0.365. The number of unbranched alkanes of at least 4 members (excludes halogenated alkanes) is 2. The number of H-pyrrole nitrogens is 1. The van der Waals surface area contributed by atoms with Crippen LogP contribution in [-0.4, -0.2) is 33.4 Å². The summed E-state index contributed by atoms with van der Waals surface area (Å²) in [6.45, 7) is 1.79. The molecule has 0 saturated carbocycles. The van der Waals surface area contributed by atoms with Crippen molar-refractivity contribution in [2.75, 3.05) is 13.1 Å². The second-order valence-electron chi connectivity index (χ2n) is 7.55. The predicted molar refractivity (Wildman–Crippen MR) is 121 cm³/mol. The Morgan fingerprint density at radius 3 is 2.67 bits per heavy atom. The minimum Gasteiger partial charge on any atom is -0.339 e. The van der Waals surface area contributed by atoms with Gasteiger partial charge in [0.1, 0.15) is 4.70 Å². The van der Waals surface area contributed by atoms with Gasteiger partial charge in [0.25, 0.3) is 5.56 Å². The number of hydrogen-bond donors (Lipinski definition) is 1. The van der Waals surface area contributed by atoms with Crippen molar-refractivity contribution in [2.24, 2.45) is 0 Å². The summed E-state index contributed by atoms with van der Waals surface area (Å²) in [5.41, 5.74) is 2.54. The molecule has 6 nitrogen and oxygen atoms in total. The maximum atomic E-state index is 12.5. The maximum absolute atomic E-state index is 12.5. The number of amides is 1. The van der Waals surface area contributed by atoms with Gasteiger partial charge in [-0.3, -0.25) is 14.2 Å². The molecular weight excluding hydrogens is 398 g/mol. The van der Waals surface area contributed by atoms with Crippen molar-refractivity contribution < 1.29 is 4.79 Å². The molecule has 1 aromatic carbocycles. The van der Waals surface area contributed by atoms with E-state index in [-0.39, 0.29) is 17.2 Å². The van der Waals surface area contributed by atoms with Crippen molar-refractivity contribution in [1.29, 1.82) is 0 Å². The van der Waals surface area contributed by atoms with E-state index in [0.29, 0.717) is 36.1 Å². The van der Waals surface area contributed by atoms with E-state index in [0.717, 1.165) is 25.8 Å². The summed E-state index contributed by atoms with van der Waals surface area (Å²) in [6, 6.07) is 12.0. The lowest BCUT2D eigenvalue weighted by Gasteiger charge is -2.26. The first-order chi connectivity index (χ1) is 14.6. The molecule has 1 amide bonds. The van der Waals surface area contributed by atoms with E-state index in [2.05, 4.69) is 23.2 Å². The van der Waals surface area contributed by atoms with Gasteiger partial charge in [0.05, 0.1) is 5.52 Å². The van der Waals surface area contributed by atoms with Crippen molar-refractivity contribution in [1.82, 2.24) is 14.5 Å². The van der Waals surface area contributed by atoms with Crippen LogP contribution < -0.4 is 11.2 Å². The van der Waals surface area contributed by atoms with Crippen molar-refractivity contribution in [2.45, 2.75) is 38.6 Å². The zero-order valence-electron chi connectivity index (χ0n) is 16.8. The number of nitrogens with zero attached hydrogens (tertiary/aromatic N) is 2. The van der Waals surface area contributed by atoms with E-state index in [1.807, 2.05) is 23.1 Å². The lowest BCUT2D eigenvalue weighted by atomic mass is 9.99. The molecule has 2 aromatic heterocycles. The second kappa shape index (κ2) is 9.26. The van der Waals surface area contributed by atoms with Gasteiger partial charge >= 0.3 is 5.69 Å². The zero-order valence-corrected chi connectivity index (χ0v) is 17.6. The summed E-state index contributed by atoms with van der Waals surface area (Å²) in [5, 5.41) is 1.80. The molecule has 0 aliphatic carbocycles. The van der Waals surface area contributed by atoms with Crippen LogP contribution in [0.1, 0.15) is 37.7 Å². The molecule has 4 rings (SSSR count). The number of fused-ring (bicyclic) bond motifs is 1. The molecule has 0 bridgehead atoms. The molecule has 1 N–H and O–H groups in total. The van der Waals surface area contributed by atoms with Crippen LogP contribution in [0.5, 0.6) is 0 Å². The number of aromatic amines is 1. The van der Waals surface area contributed by atoms with Gasteiger partial charge in [0.2, 0.25) is 5.91 Å². The molecule has 1 aliphatic heterocycles. The number of benzene rings is 1. The van der Waals surface area contributed by atoms with E-state index < -0.39 is 0 Å². The summed E-state index contributed by atoms with van der Waals surface area (Å²) in [4.78, 5) is 41.7. The Kier molecular flexibility index (Phi) is 6.28. The van der Waals surface area contributed by atoms with Gasteiger partial charge in [-0.15, -0.1) is 11.3 Å². The molecule has 156 valence electrons. The molecule has 0 spiro atoms. The van der Waals surface area contributed by atoms with Crippen LogP contribution in [0.3, 0.4) is 0 Å². The van der Waals surface area contributed by atoms with Crippen LogP contribution in [0.15, 0.2) is 57.4 Å². The predicted octanol–water partition coefficient (Wildman–Crippen LogP) is 3.63. The van der Waals surface area contributed by atoms with Gasteiger partial charge in [-0.1, -0.05) is 42.8 Å². The lowest BCUT2D eigenvalue weighted by Crippen LogP contribution is -2.35. The van der Waals surface area contributed by atoms with Crippen LogP contribution >= 0.6 is 11.3 Å². The zero-order chi connectivity index (χ0) is 20.9. The third kappa shape index (κ3) is 4.46. The van der Waals surface area contributed by atoms with E-state index >= 15 is 0 Å². The van der Waals surface area contributed by atoms with E-state index in [1.54, 1.807) is 11.4 Å². The average molecular weight is 424 g/mol. The van der Waals surface area contributed by atoms with Crippen LogP contribution in [0.2, 0.25) is 0 Å². The number of rotatable bonds is 7. The quantitative estimate of drug-likeness (QED) is 0.590. The summed E-state index contributed by atoms with van der Waals surface area (Å²) in [7, 11) is 0. The molecule has 0 saturated heterocycles. The average Bonchev–Trinajstić information content (AvgIpc) is 3.24. The molecule has 7 heteroatoms. The highest BCUT2D eigenvalue weighted by Gasteiger charge is 2.17. The topological polar surface area (TPSA) is 75.2 Å². The lowest BCUT2D eigenvalue weighted by molar-refractivity contribution is -0.130.